The number of carbonyl (C=O) groups excluding carboxylic acids is 1. The highest BCUT2D eigenvalue weighted by molar-refractivity contribution is 7.99. The van der Waals surface area contributed by atoms with E-state index in [2.05, 4.69) is 15.5 Å². The van der Waals surface area contributed by atoms with Crippen LogP contribution in [0.25, 0.3) is 0 Å². The van der Waals surface area contributed by atoms with E-state index in [0.29, 0.717) is 23.9 Å². The van der Waals surface area contributed by atoms with Gasteiger partial charge >= 0.3 is 5.97 Å². The summed E-state index contributed by atoms with van der Waals surface area (Å²) in [6, 6.07) is 5.76. The maximum Gasteiger partial charge on any atom is 0.313 e. The van der Waals surface area contributed by atoms with Crippen molar-refractivity contribution in [1.82, 2.24) is 20.1 Å². The van der Waals surface area contributed by atoms with Crippen LogP contribution in [0.15, 0.2) is 29.4 Å². The summed E-state index contributed by atoms with van der Waals surface area (Å²) in [6.45, 7) is 2.76. The Morgan fingerprint density at radius 2 is 2.08 bits per heavy atom. The van der Waals surface area contributed by atoms with Gasteiger partial charge < -0.3 is 15.0 Å². The van der Waals surface area contributed by atoms with Crippen LogP contribution in [0, 0.1) is 5.82 Å². The third-order valence-corrected chi connectivity index (χ3v) is 4.14. The molecule has 2 N–H and O–H groups in total. The Labute approximate surface area is 142 Å². The largest absolute Gasteiger partial charge is 0.481 e. The Balaban J connectivity index is 1.93. The summed E-state index contributed by atoms with van der Waals surface area (Å²) in [4.78, 5) is 22.6. The highest BCUT2D eigenvalue weighted by Crippen LogP contribution is 2.17. The molecular formula is C15H17FN4O3S. The topological polar surface area (TPSA) is 97.1 Å². The summed E-state index contributed by atoms with van der Waals surface area (Å²) >= 11 is 1.09. The van der Waals surface area contributed by atoms with Crippen molar-refractivity contribution in [3.8, 4) is 0 Å². The molecule has 2 rings (SSSR count). The van der Waals surface area contributed by atoms with Gasteiger partial charge in [-0.2, -0.15) is 0 Å². The number of carbonyl (C=O) groups is 2. The van der Waals surface area contributed by atoms with Crippen LogP contribution in [0.1, 0.15) is 23.1 Å². The predicted octanol–water partition coefficient (Wildman–Crippen LogP) is 1.59. The van der Waals surface area contributed by atoms with Gasteiger partial charge in [0.05, 0.1) is 11.3 Å². The number of carboxylic acid groups (broad SMARTS) is 1. The molecule has 0 atom stereocenters. The smallest absolute Gasteiger partial charge is 0.313 e. The van der Waals surface area contributed by atoms with Gasteiger partial charge in [0.1, 0.15) is 11.6 Å². The summed E-state index contributed by atoms with van der Waals surface area (Å²) in [5.74, 6) is -1.44. The Morgan fingerprint density at radius 1 is 1.33 bits per heavy atom. The average Bonchev–Trinajstić information content (AvgIpc) is 2.95. The molecule has 2 aromatic rings. The maximum atomic E-state index is 13.5. The van der Waals surface area contributed by atoms with Crippen LogP contribution in [0.3, 0.4) is 0 Å². The van der Waals surface area contributed by atoms with E-state index in [-0.39, 0.29) is 17.9 Å². The lowest BCUT2D eigenvalue weighted by molar-refractivity contribution is -0.133. The maximum absolute atomic E-state index is 13.5. The van der Waals surface area contributed by atoms with E-state index in [1.165, 1.54) is 18.2 Å². The van der Waals surface area contributed by atoms with Crippen LogP contribution in [0.4, 0.5) is 4.39 Å². The molecule has 0 unspecified atom stereocenters. The van der Waals surface area contributed by atoms with Crippen LogP contribution in [-0.4, -0.2) is 44.0 Å². The molecule has 0 aliphatic rings. The minimum absolute atomic E-state index is 0.00726. The van der Waals surface area contributed by atoms with Crippen molar-refractivity contribution in [2.24, 2.45) is 0 Å². The van der Waals surface area contributed by atoms with Crippen LogP contribution < -0.4 is 5.32 Å². The molecule has 0 aliphatic carbocycles. The first-order valence-electron chi connectivity index (χ1n) is 7.32. The normalized spacial score (nSPS) is 10.6. The van der Waals surface area contributed by atoms with Crippen molar-refractivity contribution in [3.63, 3.8) is 0 Å². The van der Waals surface area contributed by atoms with Crippen molar-refractivity contribution in [1.29, 1.82) is 0 Å². The summed E-state index contributed by atoms with van der Waals surface area (Å²) in [5, 5.41) is 19.9. The van der Waals surface area contributed by atoms with Gasteiger partial charge in [-0.3, -0.25) is 9.59 Å². The Bertz CT molecular complexity index is 735. The number of aliphatic carboxylic acids is 1. The molecule has 0 spiro atoms. The number of nitrogens with one attached hydrogen (secondary N) is 1. The zero-order valence-corrected chi connectivity index (χ0v) is 13.8. The molecule has 7 nitrogen and oxygen atoms in total. The first-order chi connectivity index (χ1) is 11.5. The molecule has 0 saturated carbocycles. The van der Waals surface area contributed by atoms with Crippen LogP contribution in [0.2, 0.25) is 0 Å². The van der Waals surface area contributed by atoms with Gasteiger partial charge in [0.2, 0.25) is 0 Å². The number of halogens is 1. The predicted molar refractivity (Wildman–Crippen MR) is 86.5 cm³/mol. The number of hydrogen-bond donors (Lipinski definition) is 2. The van der Waals surface area contributed by atoms with Gasteiger partial charge in [0.25, 0.3) is 5.91 Å². The molecular weight excluding hydrogens is 335 g/mol. The van der Waals surface area contributed by atoms with Crippen molar-refractivity contribution >= 4 is 23.6 Å². The number of thioether (sulfide) groups is 1. The molecule has 1 aromatic heterocycles. The molecule has 24 heavy (non-hydrogen) atoms. The van der Waals surface area contributed by atoms with E-state index in [4.69, 9.17) is 5.11 Å². The second-order valence-corrected chi connectivity index (χ2v) is 5.75. The Kier molecular flexibility index (Phi) is 6.30. The molecule has 128 valence electrons. The first-order valence-corrected chi connectivity index (χ1v) is 8.31. The SMILES string of the molecule is CCn1c(CCNC(=O)c2ccccc2F)nnc1SCC(=O)O. The molecule has 1 heterocycles. The van der Waals surface area contributed by atoms with E-state index >= 15 is 0 Å². The third kappa shape index (κ3) is 4.54. The number of nitrogens with zero attached hydrogens (tertiary/aromatic N) is 3. The van der Waals surface area contributed by atoms with Gasteiger partial charge in [0.15, 0.2) is 5.16 Å². The monoisotopic (exact) mass is 352 g/mol. The van der Waals surface area contributed by atoms with Crippen LogP contribution in [0.5, 0.6) is 0 Å². The number of hydrogen-bond acceptors (Lipinski definition) is 5. The van der Waals surface area contributed by atoms with Crippen molar-refractivity contribution < 1.29 is 19.1 Å². The molecule has 0 saturated heterocycles. The first kappa shape index (κ1) is 17.9. The fraction of sp³-hybridized carbons (Fsp3) is 0.333. The minimum Gasteiger partial charge on any atom is -0.481 e. The molecule has 0 aliphatic heterocycles. The second kappa shape index (κ2) is 8.44. The van der Waals surface area contributed by atoms with E-state index in [9.17, 15) is 14.0 Å². The number of amides is 1. The minimum atomic E-state index is -0.927. The van der Waals surface area contributed by atoms with E-state index in [0.717, 1.165) is 11.8 Å². The molecule has 1 amide bonds. The molecule has 0 bridgehead atoms. The van der Waals surface area contributed by atoms with Crippen molar-refractivity contribution in [3.05, 3.63) is 41.5 Å². The van der Waals surface area contributed by atoms with Gasteiger partial charge in [-0.15, -0.1) is 10.2 Å². The quantitative estimate of drug-likeness (QED) is 0.700. The van der Waals surface area contributed by atoms with Crippen molar-refractivity contribution in [2.45, 2.75) is 25.0 Å². The second-order valence-electron chi connectivity index (χ2n) is 4.81. The third-order valence-electron chi connectivity index (χ3n) is 3.19. The highest BCUT2D eigenvalue weighted by Gasteiger charge is 2.14. The summed E-state index contributed by atoms with van der Waals surface area (Å²) in [7, 11) is 0. The zero-order valence-electron chi connectivity index (χ0n) is 13.0. The lowest BCUT2D eigenvalue weighted by atomic mass is 10.2. The Hall–Kier alpha value is -2.42. The van der Waals surface area contributed by atoms with Gasteiger partial charge in [0, 0.05) is 19.5 Å². The lowest BCUT2D eigenvalue weighted by Gasteiger charge is -2.08. The average molecular weight is 352 g/mol. The summed E-state index contributed by atoms with van der Waals surface area (Å²) < 4.78 is 15.3. The molecule has 0 radical (unpaired) electrons. The molecule has 0 fully saturated rings. The van der Waals surface area contributed by atoms with E-state index in [1.54, 1.807) is 10.6 Å². The zero-order chi connectivity index (χ0) is 17.5. The van der Waals surface area contributed by atoms with Crippen LogP contribution >= 0.6 is 11.8 Å². The van der Waals surface area contributed by atoms with Gasteiger partial charge in [-0.1, -0.05) is 23.9 Å². The van der Waals surface area contributed by atoms with Crippen LogP contribution in [-0.2, 0) is 17.8 Å². The fourth-order valence-electron chi connectivity index (χ4n) is 2.08. The fourth-order valence-corrected chi connectivity index (χ4v) is 2.82. The Morgan fingerprint density at radius 3 is 2.75 bits per heavy atom. The molecule has 9 heteroatoms. The van der Waals surface area contributed by atoms with Gasteiger partial charge in [-0.25, -0.2) is 4.39 Å². The van der Waals surface area contributed by atoms with E-state index < -0.39 is 17.7 Å². The standard InChI is InChI=1S/C15H17FN4O3S/c1-2-20-12(18-19-15(20)24-9-13(21)22)7-8-17-14(23)10-5-3-4-6-11(10)16/h3-6H,2,7-9H2,1H3,(H,17,23)(H,21,22). The summed E-state index contributed by atoms with van der Waals surface area (Å²) in [6.07, 6.45) is 0.411. The summed E-state index contributed by atoms with van der Waals surface area (Å²) in [5.41, 5.74) is -0.00726. The lowest BCUT2D eigenvalue weighted by Crippen LogP contribution is -2.27. The van der Waals surface area contributed by atoms with Crippen molar-refractivity contribution in [2.75, 3.05) is 12.3 Å². The number of rotatable bonds is 8. The van der Waals surface area contributed by atoms with Gasteiger partial charge in [-0.05, 0) is 19.1 Å². The highest BCUT2D eigenvalue weighted by atomic mass is 32.2. The number of carboxylic acids is 1. The number of aromatic nitrogens is 3. The molecule has 1 aromatic carbocycles. The van der Waals surface area contributed by atoms with E-state index in [1.807, 2.05) is 6.92 Å². The number of benzene rings is 1.